The monoisotopic (exact) mass is 276 g/mol. The second kappa shape index (κ2) is 6.73. The molecule has 0 radical (unpaired) electrons. The van der Waals surface area contributed by atoms with Gasteiger partial charge in [-0.05, 0) is 43.2 Å². The first-order chi connectivity index (χ1) is 9.58. The Balaban J connectivity index is 1.91. The Hall–Kier alpha value is -1.58. The van der Waals surface area contributed by atoms with Gasteiger partial charge in [0.1, 0.15) is 11.4 Å². The van der Waals surface area contributed by atoms with Crippen molar-refractivity contribution in [3.63, 3.8) is 0 Å². The van der Waals surface area contributed by atoms with E-state index in [-0.39, 0.29) is 0 Å². The number of aromatic nitrogens is 1. The lowest BCUT2D eigenvalue weighted by atomic mass is 9.81. The third-order valence-corrected chi connectivity index (χ3v) is 4.26. The standard InChI is InChI=1S/C16H24N2O2/c1-11-4-3-5-13(10-11)7-9-18-15-14(16(19)20)12(2)6-8-17-15/h6,8,11,13H,3-5,7,9-10H2,1-2H3,(H,17,18)(H,19,20). The number of carboxylic acids is 1. The van der Waals surface area contributed by atoms with Crippen LogP contribution in [0.2, 0.25) is 0 Å². The molecule has 2 rings (SSSR count). The SMILES string of the molecule is Cc1ccnc(NCCC2CCCC(C)C2)c1C(=O)O. The molecular weight excluding hydrogens is 252 g/mol. The fourth-order valence-electron chi connectivity index (χ4n) is 3.18. The number of aryl methyl sites for hydroxylation is 1. The number of rotatable bonds is 5. The van der Waals surface area contributed by atoms with Crippen LogP contribution in [0.3, 0.4) is 0 Å². The molecule has 20 heavy (non-hydrogen) atoms. The van der Waals surface area contributed by atoms with E-state index in [0.717, 1.165) is 30.4 Å². The molecule has 0 saturated heterocycles. The Morgan fingerprint density at radius 2 is 2.30 bits per heavy atom. The van der Waals surface area contributed by atoms with Crippen LogP contribution < -0.4 is 5.32 Å². The fourth-order valence-corrected chi connectivity index (χ4v) is 3.18. The Labute approximate surface area is 120 Å². The summed E-state index contributed by atoms with van der Waals surface area (Å²) < 4.78 is 0. The molecule has 4 heteroatoms. The van der Waals surface area contributed by atoms with Gasteiger partial charge in [-0.15, -0.1) is 0 Å². The van der Waals surface area contributed by atoms with Gasteiger partial charge in [0, 0.05) is 12.7 Å². The van der Waals surface area contributed by atoms with Crippen molar-refractivity contribution < 1.29 is 9.90 Å². The summed E-state index contributed by atoms with van der Waals surface area (Å²) in [5.74, 6) is 1.19. The number of hydrogen-bond acceptors (Lipinski definition) is 3. The van der Waals surface area contributed by atoms with E-state index in [4.69, 9.17) is 0 Å². The Bertz CT molecular complexity index is 474. The summed E-state index contributed by atoms with van der Waals surface area (Å²) in [6, 6.07) is 1.73. The smallest absolute Gasteiger partial charge is 0.339 e. The highest BCUT2D eigenvalue weighted by Gasteiger charge is 2.19. The Morgan fingerprint density at radius 1 is 1.50 bits per heavy atom. The van der Waals surface area contributed by atoms with Crippen molar-refractivity contribution in [1.82, 2.24) is 4.98 Å². The Kier molecular flexibility index (Phi) is 4.99. The van der Waals surface area contributed by atoms with E-state index in [2.05, 4.69) is 17.2 Å². The predicted octanol–water partition coefficient (Wildman–Crippen LogP) is 3.72. The van der Waals surface area contributed by atoms with Gasteiger partial charge in [0.05, 0.1) is 0 Å². The molecule has 110 valence electrons. The minimum absolute atomic E-state index is 0.296. The van der Waals surface area contributed by atoms with E-state index in [0.29, 0.717) is 11.4 Å². The summed E-state index contributed by atoms with van der Waals surface area (Å²) in [6.07, 6.45) is 8.04. The number of carbonyl (C=O) groups is 1. The maximum atomic E-state index is 11.3. The molecule has 1 fully saturated rings. The van der Waals surface area contributed by atoms with Crippen LogP contribution in [-0.4, -0.2) is 22.6 Å². The first-order valence-electron chi connectivity index (χ1n) is 7.50. The molecule has 1 aliphatic carbocycles. The average Bonchev–Trinajstić information content (AvgIpc) is 2.38. The van der Waals surface area contributed by atoms with Crippen molar-refractivity contribution in [1.29, 1.82) is 0 Å². The first-order valence-corrected chi connectivity index (χ1v) is 7.50. The van der Waals surface area contributed by atoms with Crippen molar-refractivity contribution in [2.75, 3.05) is 11.9 Å². The average molecular weight is 276 g/mol. The normalized spacial score (nSPS) is 22.5. The lowest BCUT2D eigenvalue weighted by Crippen LogP contribution is -2.18. The fraction of sp³-hybridized carbons (Fsp3) is 0.625. The molecule has 0 spiro atoms. The largest absolute Gasteiger partial charge is 0.478 e. The Morgan fingerprint density at radius 3 is 3.00 bits per heavy atom. The van der Waals surface area contributed by atoms with Gasteiger partial charge in [-0.2, -0.15) is 0 Å². The number of carboxylic acid groups (broad SMARTS) is 1. The van der Waals surface area contributed by atoms with E-state index >= 15 is 0 Å². The molecule has 0 aromatic carbocycles. The van der Waals surface area contributed by atoms with Gasteiger partial charge in [0.15, 0.2) is 0 Å². The number of nitrogens with one attached hydrogen (secondary N) is 1. The number of aromatic carboxylic acids is 1. The molecule has 2 N–H and O–H groups in total. The van der Waals surface area contributed by atoms with Crippen LogP contribution in [0, 0.1) is 18.8 Å². The molecule has 1 aromatic rings. The predicted molar refractivity (Wildman–Crippen MR) is 80.2 cm³/mol. The lowest BCUT2D eigenvalue weighted by Gasteiger charge is -2.26. The van der Waals surface area contributed by atoms with Crippen molar-refractivity contribution in [2.24, 2.45) is 11.8 Å². The van der Waals surface area contributed by atoms with E-state index in [9.17, 15) is 9.90 Å². The minimum Gasteiger partial charge on any atom is -0.478 e. The third kappa shape index (κ3) is 3.71. The van der Waals surface area contributed by atoms with Gasteiger partial charge in [-0.3, -0.25) is 0 Å². The van der Waals surface area contributed by atoms with Gasteiger partial charge in [0.25, 0.3) is 0 Å². The van der Waals surface area contributed by atoms with Crippen molar-refractivity contribution in [3.8, 4) is 0 Å². The molecule has 0 aliphatic heterocycles. The summed E-state index contributed by atoms with van der Waals surface area (Å²) in [5, 5.41) is 12.5. The zero-order chi connectivity index (χ0) is 14.5. The zero-order valence-corrected chi connectivity index (χ0v) is 12.4. The second-order valence-corrected chi connectivity index (χ2v) is 6.01. The maximum Gasteiger partial charge on any atom is 0.339 e. The van der Waals surface area contributed by atoms with E-state index < -0.39 is 5.97 Å². The van der Waals surface area contributed by atoms with Crippen molar-refractivity contribution >= 4 is 11.8 Å². The van der Waals surface area contributed by atoms with Crippen molar-refractivity contribution in [2.45, 2.75) is 46.0 Å². The molecule has 2 atom stereocenters. The number of pyridine rings is 1. The number of hydrogen-bond donors (Lipinski definition) is 2. The molecule has 1 heterocycles. The highest BCUT2D eigenvalue weighted by molar-refractivity contribution is 5.94. The van der Waals surface area contributed by atoms with Crippen LogP contribution in [-0.2, 0) is 0 Å². The highest BCUT2D eigenvalue weighted by atomic mass is 16.4. The molecule has 0 bridgehead atoms. The lowest BCUT2D eigenvalue weighted by molar-refractivity contribution is 0.0697. The van der Waals surface area contributed by atoms with E-state index in [1.54, 1.807) is 19.2 Å². The summed E-state index contributed by atoms with van der Waals surface area (Å²) in [7, 11) is 0. The molecule has 2 unspecified atom stereocenters. The zero-order valence-electron chi connectivity index (χ0n) is 12.4. The van der Waals surface area contributed by atoms with Gasteiger partial charge >= 0.3 is 5.97 Å². The maximum absolute atomic E-state index is 11.3. The molecular formula is C16H24N2O2. The number of anilines is 1. The highest BCUT2D eigenvalue weighted by Crippen LogP contribution is 2.30. The van der Waals surface area contributed by atoms with E-state index in [1.165, 1.54) is 25.7 Å². The van der Waals surface area contributed by atoms with Gasteiger partial charge in [-0.1, -0.05) is 26.2 Å². The summed E-state index contributed by atoms with van der Waals surface area (Å²) in [4.78, 5) is 15.4. The van der Waals surface area contributed by atoms with Crippen LogP contribution in [0.5, 0.6) is 0 Å². The summed E-state index contributed by atoms with van der Waals surface area (Å²) >= 11 is 0. The van der Waals surface area contributed by atoms with Crippen molar-refractivity contribution in [3.05, 3.63) is 23.4 Å². The van der Waals surface area contributed by atoms with Gasteiger partial charge in [0.2, 0.25) is 0 Å². The van der Waals surface area contributed by atoms with Gasteiger partial charge in [-0.25, -0.2) is 9.78 Å². The van der Waals surface area contributed by atoms with Crippen LogP contribution in [0.4, 0.5) is 5.82 Å². The third-order valence-electron chi connectivity index (χ3n) is 4.26. The number of nitrogens with zero attached hydrogens (tertiary/aromatic N) is 1. The molecule has 4 nitrogen and oxygen atoms in total. The van der Waals surface area contributed by atoms with E-state index in [1.807, 2.05) is 0 Å². The molecule has 1 aliphatic rings. The first kappa shape index (κ1) is 14.8. The quantitative estimate of drug-likeness (QED) is 0.860. The van der Waals surface area contributed by atoms with Crippen LogP contribution >= 0.6 is 0 Å². The molecule has 0 amide bonds. The summed E-state index contributed by atoms with van der Waals surface area (Å²) in [6.45, 7) is 4.93. The topological polar surface area (TPSA) is 62.2 Å². The van der Waals surface area contributed by atoms with Crippen LogP contribution in [0.1, 0.15) is 54.9 Å². The second-order valence-electron chi connectivity index (χ2n) is 6.01. The summed E-state index contributed by atoms with van der Waals surface area (Å²) in [5.41, 5.74) is 1.05. The van der Waals surface area contributed by atoms with Crippen LogP contribution in [0.25, 0.3) is 0 Å². The molecule has 1 saturated carbocycles. The molecule has 1 aromatic heterocycles. The minimum atomic E-state index is -0.913. The van der Waals surface area contributed by atoms with Crippen LogP contribution in [0.15, 0.2) is 12.3 Å². The van der Waals surface area contributed by atoms with Gasteiger partial charge < -0.3 is 10.4 Å².